The molecule has 0 saturated heterocycles. The average molecular weight is 525 g/mol. The molecule has 9 heteroatoms. The van der Waals surface area contributed by atoms with Crippen molar-refractivity contribution in [2.75, 3.05) is 5.73 Å². The number of pyridine rings is 3. The van der Waals surface area contributed by atoms with Gasteiger partial charge in [0.1, 0.15) is 23.1 Å². The summed E-state index contributed by atoms with van der Waals surface area (Å²) in [5.41, 5.74) is 11.3. The van der Waals surface area contributed by atoms with E-state index in [1.165, 1.54) is 24.4 Å². The molecule has 7 nitrogen and oxygen atoms in total. The van der Waals surface area contributed by atoms with E-state index in [0.717, 1.165) is 41.6 Å². The molecular formula is C30H26F2N6O. The number of anilines is 1. The van der Waals surface area contributed by atoms with Crippen molar-refractivity contribution in [1.82, 2.24) is 24.8 Å². The van der Waals surface area contributed by atoms with E-state index in [4.69, 9.17) is 5.73 Å². The van der Waals surface area contributed by atoms with E-state index in [0.29, 0.717) is 28.3 Å². The van der Waals surface area contributed by atoms with Gasteiger partial charge < -0.3 is 15.6 Å². The van der Waals surface area contributed by atoms with Gasteiger partial charge in [-0.3, -0.25) is 14.8 Å². The highest BCUT2D eigenvalue weighted by atomic mass is 19.1. The number of carbonyl (C=O) groups is 1. The number of halogens is 2. The summed E-state index contributed by atoms with van der Waals surface area (Å²) in [4.78, 5) is 32.6. The van der Waals surface area contributed by atoms with Crippen LogP contribution in [0.4, 0.5) is 14.6 Å². The van der Waals surface area contributed by atoms with Crippen LogP contribution >= 0.6 is 0 Å². The van der Waals surface area contributed by atoms with Gasteiger partial charge in [-0.25, -0.2) is 13.8 Å². The van der Waals surface area contributed by atoms with Crippen molar-refractivity contribution in [3.63, 3.8) is 0 Å². The maximum atomic E-state index is 14.3. The number of aromatic nitrogens is 4. The van der Waals surface area contributed by atoms with Gasteiger partial charge in [0.05, 0.1) is 40.6 Å². The number of nitrogens with one attached hydrogen (secondary N) is 1. The summed E-state index contributed by atoms with van der Waals surface area (Å²) < 4.78 is 28.6. The number of H-pyrrole nitrogens is 1. The van der Waals surface area contributed by atoms with E-state index in [1.54, 1.807) is 29.3 Å². The lowest BCUT2D eigenvalue weighted by atomic mass is 9.90. The van der Waals surface area contributed by atoms with Crippen LogP contribution in [0.3, 0.4) is 0 Å². The number of amides is 1. The van der Waals surface area contributed by atoms with E-state index in [9.17, 15) is 13.6 Å². The summed E-state index contributed by atoms with van der Waals surface area (Å²) in [7, 11) is 0. The third-order valence-electron chi connectivity index (χ3n) is 7.27. The maximum Gasteiger partial charge on any atom is 0.271 e. The molecule has 0 unspecified atom stereocenters. The second kappa shape index (κ2) is 9.90. The van der Waals surface area contributed by atoms with Crippen LogP contribution in [0.15, 0.2) is 67.0 Å². The molecule has 0 saturated carbocycles. The van der Waals surface area contributed by atoms with Gasteiger partial charge in [0.15, 0.2) is 0 Å². The van der Waals surface area contributed by atoms with Crippen LogP contribution in [-0.4, -0.2) is 30.7 Å². The number of aromatic amines is 1. The SMILES string of the molecule is Cc1cc2[nH]c(C(=O)N(Cc3ccc(-c4c(F)cccc4F)cn3)[C@@H]3CCCc4cccnc43)cc2nc1N. The van der Waals surface area contributed by atoms with Gasteiger partial charge in [0, 0.05) is 18.0 Å². The monoisotopic (exact) mass is 524 g/mol. The van der Waals surface area contributed by atoms with Crippen LogP contribution in [0.1, 0.15) is 51.9 Å². The molecule has 1 aromatic carbocycles. The number of fused-ring (bicyclic) bond motifs is 2. The minimum atomic E-state index is -0.658. The fourth-order valence-corrected chi connectivity index (χ4v) is 5.27. The molecule has 196 valence electrons. The number of carbonyl (C=O) groups excluding carboxylic acids is 1. The first-order chi connectivity index (χ1) is 18.9. The van der Waals surface area contributed by atoms with Crippen LogP contribution < -0.4 is 5.73 Å². The van der Waals surface area contributed by atoms with Gasteiger partial charge in [0.2, 0.25) is 0 Å². The molecule has 4 heterocycles. The molecule has 6 rings (SSSR count). The molecule has 4 aromatic heterocycles. The molecule has 0 aliphatic heterocycles. The zero-order valence-electron chi connectivity index (χ0n) is 21.3. The Morgan fingerprint density at radius 3 is 2.69 bits per heavy atom. The van der Waals surface area contributed by atoms with Gasteiger partial charge in [-0.05, 0) is 73.7 Å². The van der Waals surface area contributed by atoms with Crippen molar-refractivity contribution in [2.24, 2.45) is 0 Å². The second-order valence-corrected chi connectivity index (χ2v) is 9.83. The number of hydrogen-bond donors (Lipinski definition) is 2. The predicted octanol–water partition coefficient (Wildman–Crippen LogP) is 5.91. The Kier molecular flexibility index (Phi) is 6.26. The van der Waals surface area contributed by atoms with Gasteiger partial charge in [-0.1, -0.05) is 18.2 Å². The molecule has 1 amide bonds. The number of aryl methyl sites for hydroxylation is 2. The summed E-state index contributed by atoms with van der Waals surface area (Å²) in [5, 5.41) is 0. The standard InChI is InChI=1S/C30H26F2N6O/c1-17-13-23-24(37-29(17)33)14-25(36-23)30(39)38(26-9-2-5-18-6-4-12-34-28(18)26)16-20-11-10-19(15-35-20)27-21(31)7-3-8-22(27)32/h3-4,6-8,10-15,26,36H,2,5,9,16H2,1H3,(H2,33,37)/t26-/m1/s1. The molecule has 0 fully saturated rings. The molecule has 1 aliphatic carbocycles. The van der Waals surface area contributed by atoms with E-state index in [-0.39, 0.29) is 24.1 Å². The molecule has 1 atom stereocenters. The fourth-order valence-electron chi connectivity index (χ4n) is 5.27. The smallest absolute Gasteiger partial charge is 0.271 e. The molecule has 5 aromatic rings. The topological polar surface area (TPSA) is 101 Å². The van der Waals surface area contributed by atoms with E-state index in [1.807, 2.05) is 25.1 Å². The van der Waals surface area contributed by atoms with E-state index < -0.39 is 11.6 Å². The number of benzene rings is 1. The van der Waals surface area contributed by atoms with Crippen LogP contribution in [0, 0.1) is 18.6 Å². The molecule has 1 aliphatic rings. The Labute approximate surface area is 223 Å². The summed E-state index contributed by atoms with van der Waals surface area (Å²) in [6, 6.07) is 14.3. The molecule has 39 heavy (non-hydrogen) atoms. The fraction of sp³-hybridized carbons (Fsp3) is 0.200. The molecule has 3 N–H and O–H groups in total. The first kappa shape index (κ1) is 24.7. The quantitative estimate of drug-likeness (QED) is 0.298. The number of hydrogen-bond acceptors (Lipinski definition) is 5. The Morgan fingerprint density at radius 1 is 1.10 bits per heavy atom. The predicted molar refractivity (Wildman–Crippen MR) is 145 cm³/mol. The first-order valence-corrected chi connectivity index (χ1v) is 12.8. The number of rotatable bonds is 5. The highest BCUT2D eigenvalue weighted by Gasteiger charge is 2.32. The van der Waals surface area contributed by atoms with Crippen LogP contribution in [0.2, 0.25) is 0 Å². The zero-order valence-corrected chi connectivity index (χ0v) is 21.3. The van der Waals surface area contributed by atoms with Gasteiger partial charge >= 0.3 is 0 Å². The normalized spacial score (nSPS) is 14.8. The minimum Gasteiger partial charge on any atom is -0.383 e. The molecule has 0 bridgehead atoms. The highest BCUT2D eigenvalue weighted by molar-refractivity contribution is 5.97. The van der Waals surface area contributed by atoms with E-state index >= 15 is 0 Å². The van der Waals surface area contributed by atoms with Gasteiger partial charge in [-0.2, -0.15) is 0 Å². The lowest BCUT2D eigenvalue weighted by molar-refractivity contribution is 0.0624. The summed E-state index contributed by atoms with van der Waals surface area (Å²) in [6.07, 6.45) is 5.74. The lowest BCUT2D eigenvalue weighted by Crippen LogP contribution is -2.37. The summed E-state index contributed by atoms with van der Waals surface area (Å²) >= 11 is 0. The number of nitrogens with zero attached hydrogens (tertiary/aromatic N) is 4. The van der Waals surface area contributed by atoms with Crippen LogP contribution in [0.5, 0.6) is 0 Å². The largest absolute Gasteiger partial charge is 0.383 e. The molecule has 0 radical (unpaired) electrons. The first-order valence-electron chi connectivity index (χ1n) is 12.8. The lowest BCUT2D eigenvalue weighted by Gasteiger charge is -2.34. The van der Waals surface area contributed by atoms with Crippen molar-refractivity contribution in [3.05, 3.63) is 107 Å². The third-order valence-corrected chi connectivity index (χ3v) is 7.27. The van der Waals surface area contributed by atoms with Crippen molar-refractivity contribution in [3.8, 4) is 11.1 Å². The van der Waals surface area contributed by atoms with Gasteiger partial charge in [0.25, 0.3) is 5.91 Å². The van der Waals surface area contributed by atoms with Gasteiger partial charge in [-0.15, -0.1) is 0 Å². The number of nitrogens with two attached hydrogens (primary N) is 1. The van der Waals surface area contributed by atoms with Crippen molar-refractivity contribution >= 4 is 22.8 Å². The van der Waals surface area contributed by atoms with Crippen molar-refractivity contribution < 1.29 is 13.6 Å². The maximum absolute atomic E-state index is 14.3. The Balaban J connectivity index is 1.38. The molecule has 0 spiro atoms. The molecular weight excluding hydrogens is 498 g/mol. The number of nitrogen functional groups attached to an aromatic ring is 1. The summed E-state index contributed by atoms with van der Waals surface area (Å²) in [5.74, 6) is -1.12. The van der Waals surface area contributed by atoms with E-state index in [2.05, 4.69) is 19.9 Å². The highest BCUT2D eigenvalue weighted by Crippen LogP contribution is 2.35. The summed E-state index contributed by atoms with van der Waals surface area (Å²) in [6.45, 7) is 2.05. The minimum absolute atomic E-state index is 0.130. The zero-order chi connectivity index (χ0) is 27.1. The van der Waals surface area contributed by atoms with Crippen molar-refractivity contribution in [2.45, 2.75) is 38.8 Å². The third kappa shape index (κ3) is 4.60. The van der Waals surface area contributed by atoms with Crippen molar-refractivity contribution in [1.29, 1.82) is 0 Å². The Morgan fingerprint density at radius 2 is 1.92 bits per heavy atom. The second-order valence-electron chi connectivity index (χ2n) is 9.83. The van der Waals surface area contributed by atoms with Crippen LogP contribution in [0.25, 0.3) is 22.2 Å². The van der Waals surface area contributed by atoms with Crippen LogP contribution in [-0.2, 0) is 13.0 Å². The average Bonchev–Trinajstić information content (AvgIpc) is 3.34. The Bertz CT molecular complexity index is 1640. The Hall–Kier alpha value is -4.66.